The molecule has 5 heterocycles. The number of fused-ring (bicyclic) bond motifs is 10. The van der Waals surface area contributed by atoms with Crippen molar-refractivity contribution in [3.8, 4) is 28.7 Å². The van der Waals surface area contributed by atoms with Gasteiger partial charge in [-0.15, -0.1) is 11.3 Å². The first-order valence-electron chi connectivity index (χ1n) is 18.0. The molecule has 54 heavy (non-hydrogen) atoms. The molecule has 0 atom stereocenters. The van der Waals surface area contributed by atoms with Crippen LogP contribution in [-0.2, 0) is 0 Å². The topological polar surface area (TPSA) is 53.5 Å². The average Bonchev–Trinajstić information content (AvgIpc) is 3.99. The zero-order valence-electron chi connectivity index (χ0n) is 28.8. The van der Waals surface area contributed by atoms with Crippen LogP contribution in [0.4, 0.5) is 0 Å². The Hall–Kier alpha value is -7.09. The van der Waals surface area contributed by atoms with E-state index in [4.69, 9.17) is 15.0 Å². The van der Waals surface area contributed by atoms with Crippen LogP contribution in [0.3, 0.4) is 0 Å². The van der Waals surface area contributed by atoms with Gasteiger partial charge >= 0.3 is 0 Å². The molecular weight excluding hydrogens is 681 g/mol. The third kappa shape index (κ3) is 4.12. The highest BCUT2D eigenvalue weighted by molar-refractivity contribution is 7.26. The van der Waals surface area contributed by atoms with Crippen LogP contribution in [0, 0.1) is 0 Å². The normalized spacial score (nSPS) is 12.1. The summed E-state index contributed by atoms with van der Waals surface area (Å²) >= 11 is 1.82. The van der Waals surface area contributed by atoms with Crippen molar-refractivity contribution in [1.29, 1.82) is 0 Å². The molecule has 0 fully saturated rings. The molecule has 0 aliphatic carbocycles. The number of hydrogen-bond acceptors (Lipinski definition) is 4. The van der Waals surface area contributed by atoms with Gasteiger partial charge in [-0.05, 0) is 60.7 Å². The summed E-state index contributed by atoms with van der Waals surface area (Å²) in [7, 11) is 0. The average molecular weight is 709 g/mol. The van der Waals surface area contributed by atoms with Gasteiger partial charge in [-0.2, -0.15) is 0 Å². The number of aromatic nitrogens is 6. The minimum absolute atomic E-state index is 0.615. The van der Waals surface area contributed by atoms with Crippen LogP contribution in [0.1, 0.15) is 0 Å². The summed E-state index contributed by atoms with van der Waals surface area (Å²) in [6, 6.07) is 56.0. The van der Waals surface area contributed by atoms with Crippen LogP contribution in [0.5, 0.6) is 0 Å². The maximum absolute atomic E-state index is 5.17. The van der Waals surface area contributed by atoms with E-state index in [1.807, 2.05) is 29.8 Å². The van der Waals surface area contributed by atoms with E-state index in [2.05, 4.69) is 165 Å². The van der Waals surface area contributed by atoms with Gasteiger partial charge in [0.25, 0.3) is 0 Å². The summed E-state index contributed by atoms with van der Waals surface area (Å²) < 4.78 is 9.30. The molecule has 0 bridgehead atoms. The molecule has 7 aromatic carbocycles. The monoisotopic (exact) mass is 708 g/mol. The number of thiophene rings is 1. The van der Waals surface area contributed by atoms with Crippen molar-refractivity contribution < 1.29 is 0 Å². The lowest BCUT2D eigenvalue weighted by Crippen LogP contribution is -2.03. The Labute approximate surface area is 312 Å². The molecular formula is C47H28N6S. The summed E-state index contributed by atoms with van der Waals surface area (Å²) in [6.45, 7) is 0. The van der Waals surface area contributed by atoms with Crippen LogP contribution in [-0.4, -0.2) is 28.7 Å². The highest BCUT2D eigenvalue weighted by Crippen LogP contribution is 2.41. The Kier molecular flexibility index (Phi) is 6.12. The summed E-state index contributed by atoms with van der Waals surface area (Å²) in [5.74, 6) is 1.43. The Morgan fingerprint density at radius 2 is 1.00 bits per heavy atom. The van der Waals surface area contributed by atoms with Crippen molar-refractivity contribution in [3.05, 3.63) is 170 Å². The number of rotatable bonds is 4. The zero-order chi connectivity index (χ0) is 35.3. The second-order valence-electron chi connectivity index (χ2n) is 13.7. The highest BCUT2D eigenvalue weighted by atomic mass is 32.1. The Morgan fingerprint density at radius 3 is 1.74 bits per heavy atom. The van der Waals surface area contributed by atoms with Crippen molar-refractivity contribution in [2.45, 2.75) is 0 Å². The van der Waals surface area contributed by atoms with Crippen LogP contribution < -0.4 is 0 Å². The first kappa shape index (κ1) is 29.5. The molecule has 5 aromatic heterocycles. The minimum Gasteiger partial charge on any atom is -0.309 e. The van der Waals surface area contributed by atoms with Gasteiger partial charge < -0.3 is 4.57 Å². The molecule has 0 saturated carbocycles. The molecule has 7 heteroatoms. The summed E-state index contributed by atoms with van der Waals surface area (Å²) in [5.41, 5.74) is 9.53. The van der Waals surface area contributed by atoms with E-state index in [1.54, 1.807) is 0 Å². The molecule has 6 nitrogen and oxygen atoms in total. The van der Waals surface area contributed by atoms with Crippen LogP contribution >= 0.6 is 11.3 Å². The van der Waals surface area contributed by atoms with E-state index < -0.39 is 0 Å². The second-order valence-corrected chi connectivity index (χ2v) is 14.8. The van der Waals surface area contributed by atoms with Crippen molar-refractivity contribution >= 4 is 86.2 Å². The predicted octanol–water partition coefficient (Wildman–Crippen LogP) is 12.0. The summed E-state index contributed by atoms with van der Waals surface area (Å²) in [6.07, 6.45) is 3.83. The predicted molar refractivity (Wildman–Crippen MR) is 224 cm³/mol. The first-order valence-corrected chi connectivity index (χ1v) is 18.8. The first-order chi connectivity index (χ1) is 26.8. The Morgan fingerprint density at radius 1 is 0.426 bits per heavy atom. The smallest absolute Gasteiger partial charge is 0.234 e. The molecule has 252 valence electrons. The second kappa shape index (κ2) is 11.2. The summed E-state index contributed by atoms with van der Waals surface area (Å²) in [5, 5.41) is 7.32. The lowest BCUT2D eigenvalue weighted by atomic mass is 10.1. The molecule has 0 N–H and O–H groups in total. The van der Waals surface area contributed by atoms with Gasteiger partial charge in [0.15, 0.2) is 0 Å². The van der Waals surface area contributed by atoms with Crippen LogP contribution in [0.2, 0.25) is 0 Å². The van der Waals surface area contributed by atoms with E-state index in [-0.39, 0.29) is 0 Å². The molecule has 12 aromatic rings. The van der Waals surface area contributed by atoms with Crippen molar-refractivity contribution in [1.82, 2.24) is 28.7 Å². The van der Waals surface area contributed by atoms with Gasteiger partial charge in [0.1, 0.15) is 5.82 Å². The van der Waals surface area contributed by atoms with E-state index >= 15 is 0 Å². The molecule has 0 saturated heterocycles. The quantitative estimate of drug-likeness (QED) is 0.183. The fraction of sp³-hybridized carbons (Fsp3) is 0. The van der Waals surface area contributed by atoms with Gasteiger partial charge in [-0.25, -0.2) is 15.0 Å². The van der Waals surface area contributed by atoms with E-state index in [1.165, 1.54) is 42.0 Å². The third-order valence-electron chi connectivity index (χ3n) is 10.8. The fourth-order valence-corrected chi connectivity index (χ4v) is 9.65. The summed E-state index contributed by atoms with van der Waals surface area (Å²) in [4.78, 5) is 15.3. The number of para-hydroxylation sites is 5. The molecule has 0 amide bonds. The van der Waals surface area contributed by atoms with Crippen LogP contribution in [0.15, 0.2) is 170 Å². The third-order valence-corrected chi connectivity index (χ3v) is 12.0. The van der Waals surface area contributed by atoms with Crippen molar-refractivity contribution in [2.24, 2.45) is 0 Å². The highest BCUT2D eigenvalue weighted by Gasteiger charge is 2.21. The van der Waals surface area contributed by atoms with Gasteiger partial charge in [0.05, 0.1) is 49.1 Å². The fourth-order valence-electron chi connectivity index (χ4n) is 8.44. The number of imidazole rings is 1. The Balaban J connectivity index is 1.03. The standard InChI is InChI=1S/C47H28N6S/c1-6-18-38-31(12-1)32-13-2-7-19-39(32)51(38)30-24-25-41-36(26-30)33-14-3-8-20-40(33)53(41)47-48-27-29(28-49-47)46-50-37-17-5-9-21-42(37)52(46)43-22-11-16-35-34-15-4-10-23-44(34)54-45(35)43/h1-28H. The van der Waals surface area contributed by atoms with Gasteiger partial charge in [-0.1, -0.05) is 97.1 Å². The lowest BCUT2D eigenvalue weighted by Gasteiger charge is -2.12. The number of hydrogen-bond donors (Lipinski definition) is 0. The van der Waals surface area contributed by atoms with Gasteiger partial charge in [0.2, 0.25) is 5.95 Å². The largest absolute Gasteiger partial charge is 0.309 e. The number of benzene rings is 7. The van der Waals surface area contributed by atoms with E-state index in [9.17, 15) is 0 Å². The maximum atomic E-state index is 5.17. The van der Waals surface area contributed by atoms with Crippen molar-refractivity contribution in [3.63, 3.8) is 0 Å². The minimum atomic E-state index is 0.615. The maximum Gasteiger partial charge on any atom is 0.234 e. The van der Waals surface area contributed by atoms with Crippen LogP contribution in [0.25, 0.3) is 104 Å². The molecule has 0 spiro atoms. The molecule has 0 aliphatic rings. The SMILES string of the molecule is c1ccc2c(c1)nc(-c1cnc(-n3c4ccccc4c4cc(-n5c6ccccc6c6ccccc65)ccc43)nc1)n2-c1cccc2c1sc1ccccc12. The molecule has 0 unspecified atom stereocenters. The van der Waals surface area contributed by atoms with Gasteiger partial charge in [0, 0.05) is 55.1 Å². The zero-order valence-corrected chi connectivity index (χ0v) is 29.6. The number of nitrogens with zero attached hydrogens (tertiary/aromatic N) is 6. The Bertz CT molecular complexity index is 3400. The van der Waals surface area contributed by atoms with E-state index in [0.717, 1.165) is 55.6 Å². The molecule has 12 rings (SSSR count). The van der Waals surface area contributed by atoms with Crippen molar-refractivity contribution in [2.75, 3.05) is 0 Å². The van der Waals surface area contributed by atoms with Gasteiger partial charge in [-0.3, -0.25) is 9.13 Å². The van der Waals surface area contributed by atoms with E-state index in [0.29, 0.717) is 5.95 Å². The molecule has 0 aliphatic heterocycles. The molecule has 0 radical (unpaired) electrons. The lowest BCUT2D eigenvalue weighted by molar-refractivity contribution is 0.983.